The van der Waals surface area contributed by atoms with Crippen molar-refractivity contribution in [1.82, 2.24) is 10.6 Å². The van der Waals surface area contributed by atoms with Crippen molar-refractivity contribution in [1.29, 1.82) is 0 Å². The molecule has 1 aliphatic carbocycles. The van der Waals surface area contributed by atoms with Gasteiger partial charge in [-0.25, -0.2) is 0 Å². The fraction of sp³-hybridized carbons (Fsp3) is 0. The van der Waals surface area contributed by atoms with E-state index < -0.39 is 0 Å². The first-order chi connectivity index (χ1) is 6.27. The zero-order valence-electron chi connectivity index (χ0n) is 6.52. The van der Waals surface area contributed by atoms with Crippen molar-refractivity contribution in [2.24, 2.45) is 5.11 Å². The Bertz CT molecular complexity index is 402. The Morgan fingerprint density at radius 2 is 2.08 bits per heavy atom. The Labute approximate surface area is 85.9 Å². The van der Waals surface area contributed by atoms with Gasteiger partial charge in [0.25, 0.3) is 0 Å². The summed E-state index contributed by atoms with van der Waals surface area (Å²) < 4.78 is 0. The normalized spacial score (nSPS) is 20.0. The van der Waals surface area contributed by atoms with E-state index in [1.807, 2.05) is 18.2 Å². The number of rotatable bonds is 1. The summed E-state index contributed by atoms with van der Waals surface area (Å²) in [5.41, 5.74) is 4.36. The predicted octanol–water partition coefficient (Wildman–Crippen LogP) is 1.37. The molecule has 1 aliphatic heterocycles. The van der Waals surface area contributed by atoms with Crippen molar-refractivity contribution >= 4 is 34.2 Å². The highest BCUT2D eigenvalue weighted by Crippen LogP contribution is 2.17. The highest BCUT2D eigenvalue weighted by atomic mass is 32.1. The maximum absolute atomic E-state index is 5.05. The summed E-state index contributed by atoms with van der Waals surface area (Å²) in [7, 11) is 0. The molecule has 0 unspecified atom stereocenters. The summed E-state index contributed by atoms with van der Waals surface area (Å²) in [6.45, 7) is 0. The van der Waals surface area contributed by atoms with Crippen LogP contribution >= 0.6 is 24.4 Å². The van der Waals surface area contributed by atoms with Crippen LogP contribution in [-0.4, -0.2) is 9.73 Å². The molecule has 0 atom stereocenters. The average molecular weight is 207 g/mol. The fourth-order valence-corrected chi connectivity index (χ4v) is 1.33. The monoisotopic (exact) mass is 207 g/mol. The Kier molecular flexibility index (Phi) is 2.12. The lowest BCUT2D eigenvalue weighted by atomic mass is 10.0. The van der Waals surface area contributed by atoms with Crippen LogP contribution in [0, 0.1) is 0 Å². The van der Waals surface area contributed by atoms with Gasteiger partial charge in [-0.3, -0.25) is 0 Å². The number of thiocarbonyl (C=S) groups is 2. The molecule has 0 aromatic rings. The zero-order valence-corrected chi connectivity index (χ0v) is 8.15. The van der Waals surface area contributed by atoms with Gasteiger partial charge in [0.15, 0.2) is 5.70 Å². The van der Waals surface area contributed by atoms with E-state index in [4.69, 9.17) is 24.4 Å². The molecule has 63 valence electrons. The van der Waals surface area contributed by atoms with E-state index >= 15 is 0 Å². The summed E-state index contributed by atoms with van der Waals surface area (Å²) in [6.07, 6.45) is 7.24. The van der Waals surface area contributed by atoms with E-state index in [1.54, 1.807) is 6.20 Å². The van der Waals surface area contributed by atoms with Crippen LogP contribution in [0.25, 0.3) is 0 Å². The first-order valence-corrected chi connectivity index (χ1v) is 4.44. The molecular formula is C8H5N3S2+. The molecule has 13 heavy (non-hydrogen) atoms. The van der Waals surface area contributed by atoms with Gasteiger partial charge in [0.2, 0.25) is 0 Å². The van der Waals surface area contributed by atoms with Gasteiger partial charge in [-0.1, -0.05) is 35.9 Å². The highest BCUT2D eigenvalue weighted by molar-refractivity contribution is 7.90. The standard InChI is InChI=1S/C8H5N3S2/c12-7-2-1-5(3-8(7)13)6-4-9-11-10-6/h1-4H,(H,9,10)/q+1. The minimum atomic E-state index is 0.676. The van der Waals surface area contributed by atoms with Crippen molar-refractivity contribution in [3.63, 3.8) is 0 Å². The smallest absolute Gasteiger partial charge is 0.0785 e. The third-order valence-corrected chi connectivity index (χ3v) is 2.48. The van der Waals surface area contributed by atoms with Gasteiger partial charge in [0.1, 0.15) is 11.3 Å². The maximum Gasteiger partial charge on any atom is 0.330 e. The van der Waals surface area contributed by atoms with Gasteiger partial charge in [-0.15, -0.1) is 0 Å². The minimum Gasteiger partial charge on any atom is -0.0785 e. The average Bonchev–Trinajstić information content (AvgIpc) is 2.62. The second kappa shape index (κ2) is 3.27. The summed E-state index contributed by atoms with van der Waals surface area (Å²) in [4.78, 5) is 1.37. The molecule has 5 heteroatoms. The Morgan fingerprint density at radius 1 is 1.23 bits per heavy atom. The first kappa shape index (κ1) is 8.40. The Morgan fingerprint density at radius 3 is 2.69 bits per heavy atom. The molecule has 0 bridgehead atoms. The topological polar surface area (TPSA) is 38.5 Å². The molecule has 0 amide bonds. The van der Waals surface area contributed by atoms with Crippen LogP contribution in [0.15, 0.2) is 40.8 Å². The maximum atomic E-state index is 5.05. The third kappa shape index (κ3) is 1.61. The first-order valence-electron chi connectivity index (χ1n) is 3.62. The van der Waals surface area contributed by atoms with E-state index in [0.717, 1.165) is 11.3 Å². The Hall–Kier alpha value is -1.20. The lowest BCUT2D eigenvalue weighted by Crippen LogP contribution is -2.07. The minimum absolute atomic E-state index is 0.676. The molecule has 0 aromatic heterocycles. The number of hydrogen-bond acceptors (Lipinski definition) is 5. The number of allylic oxidation sites excluding steroid dienone is 3. The summed E-state index contributed by atoms with van der Waals surface area (Å²) in [6, 6.07) is 0. The van der Waals surface area contributed by atoms with E-state index in [1.165, 1.54) is 0 Å². The number of nitrogens with zero attached hydrogens (tertiary/aromatic N) is 2. The molecule has 1 N–H and O–H groups in total. The second-order valence-corrected chi connectivity index (χ2v) is 3.40. The van der Waals surface area contributed by atoms with Crippen molar-refractivity contribution < 1.29 is 0 Å². The van der Waals surface area contributed by atoms with Gasteiger partial charge in [0.05, 0.1) is 9.73 Å². The molecule has 3 nitrogen and oxygen atoms in total. The summed E-state index contributed by atoms with van der Waals surface area (Å²) >= 11 is 10.0. The molecule has 2 aliphatic rings. The van der Waals surface area contributed by atoms with Crippen LogP contribution < -0.4 is 10.6 Å². The van der Waals surface area contributed by atoms with Crippen molar-refractivity contribution in [2.75, 3.05) is 0 Å². The molecule has 0 spiro atoms. The van der Waals surface area contributed by atoms with Crippen LogP contribution in [0.5, 0.6) is 0 Å². The molecule has 0 fully saturated rings. The molecule has 0 aromatic carbocycles. The van der Waals surface area contributed by atoms with Crippen molar-refractivity contribution in [2.45, 2.75) is 0 Å². The largest absolute Gasteiger partial charge is 0.330 e. The number of nitrogens with one attached hydrogen (secondary N) is 1. The lowest BCUT2D eigenvalue weighted by Gasteiger charge is -2.04. The van der Waals surface area contributed by atoms with E-state index in [-0.39, 0.29) is 0 Å². The SMILES string of the molecule is S=C1C=CC(C2=CN[N+]=N2)=CC1=S. The van der Waals surface area contributed by atoms with Crippen LogP contribution in [0.1, 0.15) is 0 Å². The molecule has 2 rings (SSSR count). The van der Waals surface area contributed by atoms with Gasteiger partial charge >= 0.3 is 5.22 Å². The van der Waals surface area contributed by atoms with Crippen LogP contribution in [0.2, 0.25) is 0 Å². The molecule has 1 heterocycles. The highest BCUT2D eigenvalue weighted by Gasteiger charge is 2.16. The Balaban J connectivity index is 2.32. The van der Waals surface area contributed by atoms with E-state index in [0.29, 0.717) is 9.73 Å². The molecule has 0 saturated carbocycles. The van der Waals surface area contributed by atoms with Gasteiger partial charge in [-0.05, 0) is 12.2 Å². The molecule has 1 radical (unpaired) electrons. The predicted molar refractivity (Wildman–Crippen MR) is 58.2 cm³/mol. The number of hydrogen-bond donors (Lipinski definition) is 1. The van der Waals surface area contributed by atoms with E-state index in [2.05, 4.69) is 15.8 Å². The fourth-order valence-electron chi connectivity index (χ4n) is 1.01. The van der Waals surface area contributed by atoms with Gasteiger partial charge in [0, 0.05) is 5.57 Å². The zero-order chi connectivity index (χ0) is 9.26. The van der Waals surface area contributed by atoms with Crippen molar-refractivity contribution in [3.8, 4) is 0 Å². The van der Waals surface area contributed by atoms with Crippen LogP contribution in [-0.2, 0) is 0 Å². The molecular weight excluding hydrogens is 202 g/mol. The lowest BCUT2D eigenvalue weighted by molar-refractivity contribution is 0.804. The second-order valence-electron chi connectivity index (χ2n) is 2.52. The van der Waals surface area contributed by atoms with Crippen LogP contribution in [0.4, 0.5) is 0 Å². The van der Waals surface area contributed by atoms with Crippen molar-refractivity contribution in [3.05, 3.63) is 35.7 Å². The summed E-state index contributed by atoms with van der Waals surface area (Å²) in [5.74, 6) is 0. The summed E-state index contributed by atoms with van der Waals surface area (Å²) in [5, 5.41) is 7.49. The van der Waals surface area contributed by atoms with Gasteiger partial charge < -0.3 is 0 Å². The quantitative estimate of drug-likeness (QED) is 0.660. The van der Waals surface area contributed by atoms with Gasteiger partial charge in [-0.2, -0.15) is 0 Å². The van der Waals surface area contributed by atoms with E-state index in [9.17, 15) is 0 Å². The molecule has 0 saturated heterocycles. The third-order valence-electron chi connectivity index (χ3n) is 1.66. The van der Waals surface area contributed by atoms with Crippen LogP contribution in [0.3, 0.4) is 0 Å².